The lowest BCUT2D eigenvalue weighted by Gasteiger charge is -2.11. The van der Waals surface area contributed by atoms with Gasteiger partial charge >= 0.3 is 5.97 Å². The van der Waals surface area contributed by atoms with Gasteiger partial charge in [0.15, 0.2) is 0 Å². The van der Waals surface area contributed by atoms with E-state index in [2.05, 4.69) is 56.4 Å². The van der Waals surface area contributed by atoms with Gasteiger partial charge in [-0.15, -0.1) is 10.2 Å². The lowest BCUT2D eigenvalue weighted by atomic mass is 9.98. The third kappa shape index (κ3) is 4.17. The molecular formula is C26H24N6O2. The third-order valence-electron chi connectivity index (χ3n) is 5.95. The minimum absolute atomic E-state index is 0.254. The third-order valence-corrected chi connectivity index (χ3v) is 5.95. The van der Waals surface area contributed by atoms with Gasteiger partial charge in [-0.2, -0.15) is 5.21 Å². The molecule has 2 N–H and O–H groups in total. The maximum absolute atomic E-state index is 11.4. The highest BCUT2D eigenvalue weighted by atomic mass is 16.4. The van der Waals surface area contributed by atoms with Gasteiger partial charge in [-0.05, 0) is 46.5 Å². The highest BCUT2D eigenvalue weighted by molar-refractivity contribution is 5.92. The number of hydrogen-bond donors (Lipinski definition) is 2. The minimum Gasteiger partial charge on any atom is -0.478 e. The van der Waals surface area contributed by atoms with Crippen LogP contribution >= 0.6 is 0 Å². The van der Waals surface area contributed by atoms with E-state index in [1.54, 1.807) is 12.1 Å². The number of tetrazole rings is 1. The second-order valence-electron chi connectivity index (χ2n) is 8.20. The van der Waals surface area contributed by atoms with Gasteiger partial charge in [0.1, 0.15) is 5.82 Å². The molecule has 0 aliphatic rings. The first-order chi connectivity index (χ1) is 16.6. The molecule has 0 amide bonds. The Balaban J connectivity index is 1.48. The second kappa shape index (κ2) is 9.27. The molecule has 0 unspecified atom stereocenters. The normalized spacial score (nSPS) is 11.2. The van der Waals surface area contributed by atoms with Gasteiger partial charge in [0, 0.05) is 18.5 Å². The number of aromatic amines is 1. The van der Waals surface area contributed by atoms with Crippen LogP contribution in [0.3, 0.4) is 0 Å². The van der Waals surface area contributed by atoms with E-state index < -0.39 is 5.97 Å². The van der Waals surface area contributed by atoms with E-state index in [9.17, 15) is 9.90 Å². The number of aromatic nitrogens is 6. The van der Waals surface area contributed by atoms with Crippen molar-refractivity contribution in [3.63, 3.8) is 0 Å². The maximum Gasteiger partial charge on any atom is 0.335 e. The minimum atomic E-state index is -0.941. The number of unbranched alkanes of at least 4 members (excludes halogenated alkanes) is 1. The Morgan fingerprint density at radius 2 is 1.82 bits per heavy atom. The lowest BCUT2D eigenvalue weighted by molar-refractivity contribution is 0.0697. The van der Waals surface area contributed by atoms with Crippen molar-refractivity contribution in [2.75, 3.05) is 0 Å². The number of nitrogens with one attached hydrogen (secondary N) is 1. The Labute approximate surface area is 196 Å². The number of imidazole rings is 1. The van der Waals surface area contributed by atoms with Gasteiger partial charge in [-0.25, -0.2) is 9.78 Å². The van der Waals surface area contributed by atoms with E-state index >= 15 is 0 Å². The van der Waals surface area contributed by atoms with Crippen molar-refractivity contribution >= 4 is 17.0 Å². The highest BCUT2D eigenvalue weighted by Gasteiger charge is 2.14. The molecule has 2 aromatic heterocycles. The molecule has 2 heterocycles. The summed E-state index contributed by atoms with van der Waals surface area (Å²) in [7, 11) is 0. The first-order valence-corrected chi connectivity index (χ1v) is 11.3. The molecule has 0 saturated heterocycles. The molecule has 0 aliphatic heterocycles. The SMILES string of the molecule is CCCCc1nc2cc(C(=O)O)ccc2n1Cc1ccc(-c2ccccc2-c2nn[nH]n2)cc1. The van der Waals surface area contributed by atoms with Crippen LogP contribution < -0.4 is 0 Å². The van der Waals surface area contributed by atoms with E-state index in [-0.39, 0.29) is 5.56 Å². The molecule has 34 heavy (non-hydrogen) atoms. The standard InChI is InChI=1S/C26H24N6O2/c1-2-3-8-24-27-22-15-19(26(33)34)13-14-23(22)32(24)16-17-9-11-18(12-10-17)20-6-4-5-7-21(20)25-28-30-31-29-25/h4-7,9-15H,2-3,8,16H2,1H3,(H,33,34)(H,28,29,30,31). The Bertz CT molecular complexity index is 1440. The number of carbonyl (C=O) groups is 1. The highest BCUT2D eigenvalue weighted by Crippen LogP contribution is 2.30. The summed E-state index contributed by atoms with van der Waals surface area (Å²) in [5, 5.41) is 23.8. The first-order valence-electron chi connectivity index (χ1n) is 11.3. The summed E-state index contributed by atoms with van der Waals surface area (Å²) in [5.74, 6) is 0.597. The van der Waals surface area contributed by atoms with Crippen molar-refractivity contribution in [3.8, 4) is 22.5 Å². The van der Waals surface area contributed by atoms with Crippen LogP contribution in [-0.4, -0.2) is 41.3 Å². The van der Waals surface area contributed by atoms with Crippen LogP contribution in [0.4, 0.5) is 0 Å². The van der Waals surface area contributed by atoms with Crippen molar-refractivity contribution in [2.24, 2.45) is 0 Å². The smallest absolute Gasteiger partial charge is 0.335 e. The summed E-state index contributed by atoms with van der Waals surface area (Å²) in [6, 6.07) is 21.6. The van der Waals surface area contributed by atoms with Crippen LogP contribution in [0.15, 0.2) is 66.7 Å². The zero-order chi connectivity index (χ0) is 23.5. The number of aryl methyl sites for hydroxylation is 1. The van der Waals surface area contributed by atoms with Crippen LogP contribution in [0.5, 0.6) is 0 Å². The van der Waals surface area contributed by atoms with Gasteiger partial charge in [0.2, 0.25) is 5.82 Å². The molecule has 5 aromatic rings. The predicted molar refractivity (Wildman–Crippen MR) is 129 cm³/mol. The zero-order valence-electron chi connectivity index (χ0n) is 18.8. The molecule has 0 radical (unpaired) electrons. The monoisotopic (exact) mass is 452 g/mol. The Morgan fingerprint density at radius 3 is 2.53 bits per heavy atom. The van der Waals surface area contributed by atoms with Gasteiger partial charge < -0.3 is 9.67 Å². The number of hydrogen-bond acceptors (Lipinski definition) is 5. The molecule has 0 bridgehead atoms. The van der Waals surface area contributed by atoms with Gasteiger partial charge in [-0.1, -0.05) is 61.9 Å². The molecule has 0 atom stereocenters. The lowest BCUT2D eigenvalue weighted by Crippen LogP contribution is -2.05. The van der Waals surface area contributed by atoms with Crippen molar-refractivity contribution < 1.29 is 9.90 Å². The first kappa shape index (κ1) is 21.5. The topological polar surface area (TPSA) is 110 Å². The maximum atomic E-state index is 11.4. The van der Waals surface area contributed by atoms with E-state index in [1.807, 2.05) is 30.3 Å². The number of benzene rings is 3. The fraction of sp³-hybridized carbons (Fsp3) is 0.192. The van der Waals surface area contributed by atoms with Crippen molar-refractivity contribution in [3.05, 3.63) is 83.7 Å². The zero-order valence-corrected chi connectivity index (χ0v) is 18.8. The molecule has 170 valence electrons. The van der Waals surface area contributed by atoms with E-state index in [4.69, 9.17) is 4.98 Å². The number of carboxylic acid groups (broad SMARTS) is 1. The number of carboxylic acids is 1. The van der Waals surface area contributed by atoms with Crippen LogP contribution in [-0.2, 0) is 13.0 Å². The van der Waals surface area contributed by atoms with Gasteiger partial charge in [-0.3, -0.25) is 0 Å². The fourth-order valence-electron chi connectivity index (χ4n) is 4.19. The van der Waals surface area contributed by atoms with Crippen molar-refractivity contribution in [2.45, 2.75) is 32.7 Å². The van der Waals surface area contributed by atoms with Gasteiger partial charge in [0.25, 0.3) is 0 Å². The number of nitrogens with zero attached hydrogens (tertiary/aromatic N) is 5. The average Bonchev–Trinajstić information content (AvgIpc) is 3.51. The summed E-state index contributed by atoms with van der Waals surface area (Å²) < 4.78 is 2.19. The van der Waals surface area contributed by atoms with Gasteiger partial charge in [0.05, 0.1) is 16.6 Å². The molecule has 0 spiro atoms. The van der Waals surface area contributed by atoms with Crippen LogP contribution in [0, 0.1) is 0 Å². The Hall–Kier alpha value is -4.33. The average molecular weight is 453 g/mol. The summed E-state index contributed by atoms with van der Waals surface area (Å²) in [5.41, 5.74) is 6.08. The quantitative estimate of drug-likeness (QED) is 0.344. The Kier molecular flexibility index (Phi) is 5.86. The summed E-state index contributed by atoms with van der Waals surface area (Å²) >= 11 is 0. The van der Waals surface area contributed by atoms with Crippen molar-refractivity contribution in [1.29, 1.82) is 0 Å². The Morgan fingerprint density at radius 1 is 1.03 bits per heavy atom. The summed E-state index contributed by atoms with van der Waals surface area (Å²) in [4.78, 5) is 16.2. The molecule has 0 saturated carbocycles. The van der Waals surface area contributed by atoms with E-state index in [0.29, 0.717) is 12.4 Å². The molecule has 8 heteroatoms. The molecule has 8 nitrogen and oxygen atoms in total. The second-order valence-corrected chi connectivity index (χ2v) is 8.20. The predicted octanol–water partition coefficient (Wildman–Crippen LogP) is 4.97. The summed E-state index contributed by atoms with van der Waals surface area (Å²) in [6.45, 7) is 2.81. The van der Waals surface area contributed by atoms with Crippen LogP contribution in [0.25, 0.3) is 33.5 Å². The van der Waals surface area contributed by atoms with Crippen molar-refractivity contribution in [1.82, 2.24) is 30.2 Å². The fourth-order valence-corrected chi connectivity index (χ4v) is 4.19. The van der Waals surface area contributed by atoms with Crippen LogP contribution in [0.2, 0.25) is 0 Å². The van der Waals surface area contributed by atoms with E-state index in [1.165, 1.54) is 0 Å². The number of rotatable bonds is 8. The molecule has 0 fully saturated rings. The molecule has 0 aliphatic carbocycles. The largest absolute Gasteiger partial charge is 0.478 e. The number of aromatic carboxylic acids is 1. The summed E-state index contributed by atoms with van der Waals surface area (Å²) in [6.07, 6.45) is 2.95. The number of fused-ring (bicyclic) bond motifs is 1. The van der Waals surface area contributed by atoms with Crippen LogP contribution in [0.1, 0.15) is 41.5 Å². The number of H-pyrrole nitrogens is 1. The molecular weight excluding hydrogens is 428 g/mol. The molecule has 3 aromatic carbocycles. The van der Waals surface area contributed by atoms with E-state index in [0.717, 1.165) is 58.4 Å². The molecule has 5 rings (SSSR count).